The molecular weight excluding hydrogens is 247 g/mol. The average molecular weight is 268 g/mol. The number of hydrogen-bond acceptors (Lipinski definition) is 2. The van der Waals surface area contributed by atoms with Gasteiger partial charge in [-0.15, -0.1) is 0 Å². The Morgan fingerprint density at radius 3 is 2.72 bits per heavy atom. The fraction of sp³-hybridized carbons (Fsp3) is 0.500. The minimum atomic E-state index is -0.300. The Labute approximate surface area is 114 Å². The third-order valence-electron chi connectivity index (χ3n) is 3.22. The van der Waals surface area contributed by atoms with E-state index in [4.69, 9.17) is 18.0 Å². The largest absolute Gasteiger partial charge is 0.389 e. The summed E-state index contributed by atoms with van der Waals surface area (Å²) in [6.45, 7) is 5.09. The second-order valence-corrected chi connectivity index (χ2v) is 5.16. The van der Waals surface area contributed by atoms with Crippen molar-refractivity contribution in [2.75, 3.05) is 7.05 Å². The lowest BCUT2D eigenvalue weighted by molar-refractivity contribution is 0.236. The Morgan fingerprint density at radius 1 is 1.50 bits per heavy atom. The second kappa shape index (κ2) is 6.81. The van der Waals surface area contributed by atoms with Crippen LogP contribution in [0.25, 0.3) is 0 Å². The topological polar surface area (TPSA) is 29.3 Å². The molecule has 2 N–H and O–H groups in total. The van der Waals surface area contributed by atoms with E-state index in [2.05, 4.69) is 25.8 Å². The van der Waals surface area contributed by atoms with Crippen LogP contribution in [0.1, 0.15) is 37.8 Å². The summed E-state index contributed by atoms with van der Waals surface area (Å²) in [5.74, 6) is -0.300. The molecule has 0 aliphatic rings. The molecule has 0 aliphatic heterocycles. The Morgan fingerprint density at radius 2 is 2.17 bits per heavy atom. The molecule has 1 aromatic carbocycles. The summed E-state index contributed by atoms with van der Waals surface area (Å²) in [4.78, 5) is 2.49. The summed E-state index contributed by atoms with van der Waals surface area (Å²) >= 11 is 4.97. The first-order valence-electron chi connectivity index (χ1n) is 6.24. The van der Waals surface area contributed by atoms with Crippen molar-refractivity contribution in [1.29, 1.82) is 0 Å². The standard InChI is InChI=1S/C14H21FN2S/c1-4-5-10(2)17(3)9-11-6-7-12(15)8-13(11)14(16)18/h6-8,10H,4-5,9H2,1-3H3,(H2,16,18). The summed E-state index contributed by atoms with van der Waals surface area (Å²) in [7, 11) is 2.06. The maximum Gasteiger partial charge on any atom is 0.123 e. The van der Waals surface area contributed by atoms with Crippen molar-refractivity contribution in [3.05, 3.63) is 35.1 Å². The van der Waals surface area contributed by atoms with Crippen molar-refractivity contribution >= 4 is 17.2 Å². The highest BCUT2D eigenvalue weighted by molar-refractivity contribution is 7.80. The Bertz CT molecular complexity index is 420. The Kier molecular flexibility index (Phi) is 5.69. The fourth-order valence-corrected chi connectivity index (χ4v) is 2.17. The molecular formula is C14H21FN2S. The van der Waals surface area contributed by atoms with Gasteiger partial charge in [0.25, 0.3) is 0 Å². The minimum Gasteiger partial charge on any atom is -0.389 e. The van der Waals surface area contributed by atoms with E-state index >= 15 is 0 Å². The van der Waals surface area contributed by atoms with Crippen LogP contribution in [0.15, 0.2) is 18.2 Å². The van der Waals surface area contributed by atoms with Gasteiger partial charge >= 0.3 is 0 Å². The first-order valence-corrected chi connectivity index (χ1v) is 6.65. The first-order chi connectivity index (χ1) is 8.45. The molecule has 4 heteroatoms. The lowest BCUT2D eigenvalue weighted by atomic mass is 10.1. The third-order valence-corrected chi connectivity index (χ3v) is 3.44. The zero-order valence-corrected chi connectivity index (χ0v) is 12.1. The SMILES string of the molecule is CCCC(C)N(C)Cc1ccc(F)cc1C(N)=S. The van der Waals surface area contributed by atoms with Gasteiger partial charge in [0.05, 0.1) is 0 Å². The molecule has 0 saturated heterocycles. The van der Waals surface area contributed by atoms with Crippen molar-refractivity contribution in [1.82, 2.24) is 4.90 Å². The molecule has 1 aromatic rings. The van der Waals surface area contributed by atoms with E-state index in [1.165, 1.54) is 12.1 Å². The van der Waals surface area contributed by atoms with Gasteiger partial charge in [0.2, 0.25) is 0 Å². The number of nitrogens with zero attached hydrogens (tertiary/aromatic N) is 1. The van der Waals surface area contributed by atoms with E-state index < -0.39 is 0 Å². The number of rotatable bonds is 6. The number of hydrogen-bond donors (Lipinski definition) is 1. The predicted octanol–water partition coefficient (Wildman–Crippen LogP) is 3.08. The van der Waals surface area contributed by atoms with Crippen LogP contribution >= 0.6 is 12.2 Å². The van der Waals surface area contributed by atoms with E-state index in [9.17, 15) is 4.39 Å². The van der Waals surface area contributed by atoms with Gasteiger partial charge in [-0.2, -0.15) is 0 Å². The minimum absolute atomic E-state index is 0.251. The van der Waals surface area contributed by atoms with Crippen molar-refractivity contribution < 1.29 is 4.39 Å². The van der Waals surface area contributed by atoms with Gasteiger partial charge < -0.3 is 5.73 Å². The normalized spacial score (nSPS) is 12.7. The molecule has 0 radical (unpaired) electrons. The second-order valence-electron chi connectivity index (χ2n) is 4.72. The number of thiocarbonyl (C=S) groups is 1. The third kappa shape index (κ3) is 4.03. The molecule has 0 amide bonds. The predicted molar refractivity (Wildman–Crippen MR) is 78.1 cm³/mol. The Balaban J connectivity index is 2.87. The van der Waals surface area contributed by atoms with E-state index in [1.807, 2.05) is 0 Å². The van der Waals surface area contributed by atoms with Gasteiger partial charge in [0.15, 0.2) is 0 Å². The molecule has 0 aliphatic carbocycles. The van der Waals surface area contributed by atoms with E-state index in [-0.39, 0.29) is 10.8 Å². The van der Waals surface area contributed by atoms with Crippen LogP contribution in [0.5, 0.6) is 0 Å². The summed E-state index contributed by atoms with van der Waals surface area (Å²) < 4.78 is 13.2. The Hall–Kier alpha value is -1.00. The van der Waals surface area contributed by atoms with Crippen LogP contribution < -0.4 is 5.73 Å². The van der Waals surface area contributed by atoms with Gasteiger partial charge in [-0.25, -0.2) is 4.39 Å². The summed E-state index contributed by atoms with van der Waals surface area (Å²) in [5, 5.41) is 0. The number of nitrogens with two attached hydrogens (primary N) is 1. The molecule has 0 spiro atoms. The van der Waals surface area contributed by atoms with Gasteiger partial charge in [-0.3, -0.25) is 4.90 Å². The lowest BCUT2D eigenvalue weighted by Crippen LogP contribution is -2.29. The molecule has 0 aromatic heterocycles. The molecule has 0 saturated carbocycles. The quantitative estimate of drug-likeness (QED) is 0.804. The molecule has 18 heavy (non-hydrogen) atoms. The van der Waals surface area contributed by atoms with Crippen LogP contribution in [0, 0.1) is 5.82 Å². The van der Waals surface area contributed by atoms with E-state index in [0.29, 0.717) is 11.6 Å². The van der Waals surface area contributed by atoms with Crippen LogP contribution in [0.3, 0.4) is 0 Å². The van der Waals surface area contributed by atoms with Gasteiger partial charge in [0.1, 0.15) is 10.8 Å². The fourth-order valence-electron chi connectivity index (χ4n) is 1.98. The van der Waals surface area contributed by atoms with E-state index in [1.54, 1.807) is 6.07 Å². The van der Waals surface area contributed by atoms with Gasteiger partial charge in [0, 0.05) is 18.2 Å². The first kappa shape index (κ1) is 15.1. The summed E-state index contributed by atoms with van der Waals surface area (Å²) in [6, 6.07) is 5.11. The lowest BCUT2D eigenvalue weighted by Gasteiger charge is -2.25. The number of benzene rings is 1. The maximum absolute atomic E-state index is 13.2. The van der Waals surface area contributed by atoms with Crippen molar-refractivity contribution in [2.45, 2.75) is 39.3 Å². The maximum atomic E-state index is 13.2. The van der Waals surface area contributed by atoms with Crippen LogP contribution in [-0.4, -0.2) is 23.0 Å². The molecule has 1 rings (SSSR count). The van der Waals surface area contributed by atoms with Crippen LogP contribution in [0.2, 0.25) is 0 Å². The summed E-state index contributed by atoms with van der Waals surface area (Å²) in [6.07, 6.45) is 2.29. The van der Waals surface area contributed by atoms with Crippen molar-refractivity contribution in [2.24, 2.45) is 5.73 Å². The zero-order valence-electron chi connectivity index (χ0n) is 11.2. The van der Waals surface area contributed by atoms with Gasteiger partial charge in [-0.05, 0) is 38.1 Å². The molecule has 2 nitrogen and oxygen atoms in total. The smallest absolute Gasteiger partial charge is 0.123 e. The summed E-state index contributed by atoms with van der Waals surface area (Å²) in [5.41, 5.74) is 7.26. The van der Waals surface area contributed by atoms with Gasteiger partial charge in [-0.1, -0.05) is 31.6 Å². The molecule has 0 fully saturated rings. The van der Waals surface area contributed by atoms with Crippen LogP contribution in [-0.2, 0) is 6.54 Å². The highest BCUT2D eigenvalue weighted by atomic mass is 32.1. The zero-order chi connectivity index (χ0) is 13.7. The average Bonchev–Trinajstić information content (AvgIpc) is 2.31. The molecule has 100 valence electrons. The molecule has 1 atom stereocenters. The van der Waals surface area contributed by atoms with Crippen LogP contribution in [0.4, 0.5) is 4.39 Å². The monoisotopic (exact) mass is 268 g/mol. The molecule has 0 heterocycles. The molecule has 0 bridgehead atoms. The van der Waals surface area contributed by atoms with E-state index in [0.717, 1.165) is 24.9 Å². The van der Waals surface area contributed by atoms with Crippen molar-refractivity contribution in [3.8, 4) is 0 Å². The highest BCUT2D eigenvalue weighted by Gasteiger charge is 2.12. The van der Waals surface area contributed by atoms with Crippen molar-refractivity contribution in [3.63, 3.8) is 0 Å². The molecule has 1 unspecified atom stereocenters. The number of halogens is 1. The highest BCUT2D eigenvalue weighted by Crippen LogP contribution is 2.16.